The molecule has 9 nitrogen and oxygen atoms in total. The Balaban J connectivity index is 1.85. The number of ether oxygens (including phenoxy) is 1. The number of halogens is 1. The summed E-state index contributed by atoms with van der Waals surface area (Å²) >= 11 is 6.15. The molecule has 1 amide bonds. The molecule has 4 rings (SSSR count). The van der Waals surface area contributed by atoms with E-state index in [1.165, 1.54) is 18.2 Å². The van der Waals surface area contributed by atoms with Gasteiger partial charge in [0, 0.05) is 10.4 Å². The average molecular weight is 554 g/mol. The lowest BCUT2D eigenvalue weighted by molar-refractivity contribution is 0.102. The number of phenols is 1. The lowest BCUT2D eigenvalue weighted by atomic mass is 10.0. The van der Waals surface area contributed by atoms with Crippen LogP contribution in [0, 0.1) is 0 Å². The van der Waals surface area contributed by atoms with Crippen LogP contribution in [0.5, 0.6) is 11.5 Å². The van der Waals surface area contributed by atoms with Crippen molar-refractivity contribution in [3.8, 4) is 11.5 Å². The molecule has 0 aliphatic heterocycles. The van der Waals surface area contributed by atoms with Crippen molar-refractivity contribution in [3.63, 3.8) is 0 Å². The summed E-state index contributed by atoms with van der Waals surface area (Å²) in [6.07, 6.45) is 0.255. The van der Waals surface area contributed by atoms with Gasteiger partial charge in [0.2, 0.25) is 0 Å². The number of hydrogen-bond donors (Lipinski definition) is 3. The zero-order valence-corrected chi connectivity index (χ0v) is 22.0. The molecule has 0 aliphatic rings. The van der Waals surface area contributed by atoms with E-state index in [1.54, 1.807) is 55.5 Å². The van der Waals surface area contributed by atoms with Crippen LogP contribution in [0.4, 0.5) is 17.1 Å². The predicted molar refractivity (Wildman–Crippen MR) is 146 cm³/mol. The summed E-state index contributed by atoms with van der Waals surface area (Å²) < 4.78 is 39.6. The van der Waals surface area contributed by atoms with E-state index in [0.29, 0.717) is 28.8 Å². The SMILES string of the molecule is CCOc1ccccc1NC(=O)c1cc2ccccc2c(N=Nc2cc(Cl)cc(CC)c2S(=O)(=O)O)c1O. The van der Waals surface area contributed by atoms with Gasteiger partial charge in [0.15, 0.2) is 5.75 Å². The van der Waals surface area contributed by atoms with Gasteiger partial charge in [0.25, 0.3) is 16.0 Å². The van der Waals surface area contributed by atoms with Crippen molar-refractivity contribution in [1.82, 2.24) is 0 Å². The molecule has 0 aliphatic carbocycles. The van der Waals surface area contributed by atoms with E-state index < -0.39 is 26.7 Å². The highest BCUT2D eigenvalue weighted by Crippen LogP contribution is 2.41. The minimum Gasteiger partial charge on any atom is -0.505 e. The quantitative estimate of drug-likeness (QED) is 0.157. The second-order valence-corrected chi connectivity index (χ2v) is 9.96. The van der Waals surface area contributed by atoms with Crippen LogP contribution in [0.1, 0.15) is 29.8 Å². The number of aromatic hydroxyl groups is 1. The fraction of sp³-hybridized carbons (Fsp3) is 0.148. The molecule has 0 bridgehead atoms. The van der Waals surface area contributed by atoms with E-state index in [0.717, 1.165) is 0 Å². The molecule has 38 heavy (non-hydrogen) atoms. The zero-order chi connectivity index (χ0) is 27.4. The summed E-state index contributed by atoms with van der Waals surface area (Å²) in [7, 11) is -4.67. The third kappa shape index (κ3) is 5.62. The van der Waals surface area contributed by atoms with Gasteiger partial charge < -0.3 is 15.2 Å². The summed E-state index contributed by atoms with van der Waals surface area (Å²) in [4.78, 5) is 12.8. The predicted octanol–water partition coefficient (Wildman–Crippen LogP) is 7.07. The highest BCUT2D eigenvalue weighted by atomic mass is 35.5. The first kappa shape index (κ1) is 27.1. The molecule has 0 saturated heterocycles. The van der Waals surface area contributed by atoms with Crippen LogP contribution >= 0.6 is 11.6 Å². The van der Waals surface area contributed by atoms with E-state index in [1.807, 2.05) is 6.92 Å². The third-order valence-corrected chi connectivity index (χ3v) is 6.89. The van der Waals surface area contributed by atoms with Gasteiger partial charge in [-0.2, -0.15) is 8.42 Å². The minimum absolute atomic E-state index is 0.0642. The van der Waals surface area contributed by atoms with Crippen molar-refractivity contribution in [2.45, 2.75) is 25.2 Å². The van der Waals surface area contributed by atoms with Gasteiger partial charge >= 0.3 is 0 Å². The Kier molecular flexibility index (Phi) is 7.96. The van der Waals surface area contributed by atoms with E-state index in [4.69, 9.17) is 16.3 Å². The molecule has 196 valence electrons. The maximum atomic E-state index is 13.2. The lowest BCUT2D eigenvalue weighted by Gasteiger charge is -2.14. The van der Waals surface area contributed by atoms with Gasteiger partial charge in [-0.15, -0.1) is 10.2 Å². The summed E-state index contributed by atoms with van der Waals surface area (Å²) in [6.45, 7) is 3.92. The van der Waals surface area contributed by atoms with Gasteiger partial charge in [-0.05, 0) is 54.6 Å². The van der Waals surface area contributed by atoms with Crippen LogP contribution in [-0.4, -0.2) is 30.6 Å². The molecule has 0 heterocycles. The standard InChI is InChI=1S/C27H24ClN3O6S/c1-3-16-13-18(28)15-22(26(16)38(34,35)36)30-31-24-19-10-6-5-9-17(19)14-20(25(24)32)27(33)29-21-11-7-8-12-23(21)37-4-2/h5-15,32H,3-4H2,1-2H3,(H,29,33)(H,34,35,36). The first-order chi connectivity index (χ1) is 18.1. The smallest absolute Gasteiger partial charge is 0.297 e. The van der Waals surface area contributed by atoms with Gasteiger partial charge in [0.05, 0.1) is 17.9 Å². The first-order valence-corrected chi connectivity index (χ1v) is 13.4. The molecule has 0 unspecified atom stereocenters. The summed E-state index contributed by atoms with van der Waals surface area (Å²) in [5.74, 6) is -0.620. The van der Waals surface area contributed by atoms with Gasteiger partial charge in [-0.1, -0.05) is 54.9 Å². The number of fused-ring (bicyclic) bond motifs is 1. The molecular weight excluding hydrogens is 530 g/mol. The molecule has 0 saturated carbocycles. The maximum Gasteiger partial charge on any atom is 0.297 e. The Bertz CT molecular complexity index is 1670. The molecule has 3 N–H and O–H groups in total. The second kappa shape index (κ2) is 11.2. The van der Waals surface area contributed by atoms with Crippen LogP contribution in [0.25, 0.3) is 10.8 Å². The molecule has 0 atom stereocenters. The molecule has 11 heteroatoms. The largest absolute Gasteiger partial charge is 0.505 e. The average Bonchev–Trinajstić information content (AvgIpc) is 2.87. The Labute approximate surface area is 224 Å². The van der Waals surface area contributed by atoms with Crippen molar-refractivity contribution in [3.05, 3.63) is 82.9 Å². The Hall–Kier alpha value is -3.99. The van der Waals surface area contributed by atoms with E-state index >= 15 is 0 Å². The molecule has 0 aromatic heterocycles. The highest BCUT2D eigenvalue weighted by molar-refractivity contribution is 7.86. The van der Waals surface area contributed by atoms with Gasteiger partial charge in [-0.3, -0.25) is 9.35 Å². The molecule has 0 radical (unpaired) electrons. The number of rotatable bonds is 8. The number of anilines is 1. The summed E-state index contributed by atoms with van der Waals surface area (Å²) in [6, 6.07) is 17.9. The maximum absolute atomic E-state index is 13.2. The summed E-state index contributed by atoms with van der Waals surface area (Å²) in [5.41, 5.74) is 0.314. The molecule has 4 aromatic rings. The molecule has 4 aromatic carbocycles. The van der Waals surface area contributed by atoms with Crippen LogP contribution in [0.2, 0.25) is 5.02 Å². The van der Waals surface area contributed by atoms with Crippen LogP contribution in [0.3, 0.4) is 0 Å². The number of phenolic OH excluding ortho intramolecular Hbond substituents is 1. The molecular formula is C27H24ClN3O6S. The van der Waals surface area contributed by atoms with Crippen molar-refractivity contribution < 1.29 is 27.6 Å². The number of carbonyl (C=O) groups excluding carboxylic acids is 1. The van der Waals surface area contributed by atoms with E-state index in [2.05, 4.69) is 15.5 Å². The van der Waals surface area contributed by atoms with E-state index in [9.17, 15) is 22.9 Å². The van der Waals surface area contributed by atoms with Gasteiger partial charge in [0.1, 0.15) is 22.0 Å². The van der Waals surface area contributed by atoms with Crippen molar-refractivity contribution >= 4 is 55.5 Å². The topological polar surface area (TPSA) is 138 Å². The van der Waals surface area contributed by atoms with Crippen molar-refractivity contribution in [2.24, 2.45) is 10.2 Å². The number of aryl methyl sites for hydroxylation is 1. The zero-order valence-electron chi connectivity index (χ0n) is 20.5. The Morgan fingerprint density at radius 1 is 1.03 bits per heavy atom. The van der Waals surface area contributed by atoms with Crippen LogP contribution in [-0.2, 0) is 16.5 Å². The highest BCUT2D eigenvalue weighted by Gasteiger charge is 2.23. The Morgan fingerprint density at radius 3 is 2.45 bits per heavy atom. The number of benzene rings is 4. The van der Waals surface area contributed by atoms with Crippen molar-refractivity contribution in [2.75, 3.05) is 11.9 Å². The number of nitrogens with one attached hydrogen (secondary N) is 1. The number of hydrogen-bond acceptors (Lipinski definition) is 7. The summed E-state index contributed by atoms with van der Waals surface area (Å²) in [5, 5.41) is 23.3. The van der Waals surface area contributed by atoms with Crippen LogP contribution < -0.4 is 10.1 Å². The molecule has 0 fully saturated rings. The Morgan fingerprint density at radius 2 is 1.74 bits per heavy atom. The number of nitrogens with zero attached hydrogens (tertiary/aromatic N) is 2. The minimum atomic E-state index is -4.67. The van der Waals surface area contributed by atoms with Crippen molar-refractivity contribution in [1.29, 1.82) is 0 Å². The number of amides is 1. The number of para-hydroxylation sites is 2. The van der Waals surface area contributed by atoms with Crippen LogP contribution in [0.15, 0.2) is 81.9 Å². The number of azo groups is 1. The number of carbonyl (C=O) groups is 1. The van der Waals surface area contributed by atoms with Gasteiger partial charge in [-0.25, -0.2) is 0 Å². The van der Waals surface area contributed by atoms with E-state index in [-0.39, 0.29) is 33.9 Å². The third-order valence-electron chi connectivity index (χ3n) is 5.68. The monoisotopic (exact) mass is 553 g/mol. The fourth-order valence-corrected chi connectivity index (χ4v) is 5.14. The molecule has 0 spiro atoms. The normalized spacial score (nSPS) is 11.7. The second-order valence-electron chi connectivity index (χ2n) is 8.17. The first-order valence-electron chi connectivity index (χ1n) is 11.6. The fourth-order valence-electron chi connectivity index (χ4n) is 4.01. The lowest BCUT2D eigenvalue weighted by Crippen LogP contribution is -2.13.